The average Bonchev–Trinajstić information content (AvgIpc) is 3.05. The summed E-state index contributed by atoms with van der Waals surface area (Å²) in [6.07, 6.45) is 1.96. The van der Waals surface area contributed by atoms with Crippen molar-refractivity contribution in [2.24, 2.45) is 0 Å². The second kappa shape index (κ2) is 7.99. The van der Waals surface area contributed by atoms with Crippen LogP contribution < -0.4 is 9.47 Å². The van der Waals surface area contributed by atoms with E-state index in [9.17, 15) is 13.6 Å². The second-order valence-electron chi connectivity index (χ2n) is 7.70. The molecule has 0 amide bonds. The van der Waals surface area contributed by atoms with Gasteiger partial charge in [0, 0.05) is 23.6 Å². The molecule has 2 aromatic carbocycles. The maximum Gasteiger partial charge on any atom is 0.304 e. The predicted molar refractivity (Wildman–Crippen MR) is 102 cm³/mol. The lowest BCUT2D eigenvalue weighted by Crippen LogP contribution is -2.44. The topological polar surface area (TPSA) is 59.0 Å². The fourth-order valence-electron chi connectivity index (χ4n) is 4.14. The van der Waals surface area contributed by atoms with Crippen molar-refractivity contribution in [3.8, 4) is 11.5 Å². The summed E-state index contributed by atoms with van der Waals surface area (Å²) >= 11 is 0. The van der Waals surface area contributed by atoms with Gasteiger partial charge in [-0.2, -0.15) is 0 Å². The van der Waals surface area contributed by atoms with E-state index in [0.717, 1.165) is 37.2 Å². The van der Waals surface area contributed by atoms with E-state index in [1.165, 1.54) is 18.2 Å². The lowest BCUT2D eigenvalue weighted by atomic mass is 9.74. The lowest BCUT2D eigenvalue weighted by Gasteiger charge is -2.38. The third-order valence-electron chi connectivity index (χ3n) is 5.93. The molecular weight excluding hydrogens is 380 g/mol. The van der Waals surface area contributed by atoms with Crippen molar-refractivity contribution in [2.75, 3.05) is 26.2 Å². The van der Waals surface area contributed by atoms with Gasteiger partial charge in [-0.3, -0.25) is 4.79 Å². The Labute approximate surface area is 167 Å². The van der Waals surface area contributed by atoms with Crippen LogP contribution in [0.1, 0.15) is 30.4 Å². The molecule has 0 bridgehead atoms. The molecule has 1 N–H and O–H groups in total. The molecule has 1 saturated heterocycles. The smallest absolute Gasteiger partial charge is 0.304 e. The monoisotopic (exact) mass is 403 g/mol. The van der Waals surface area contributed by atoms with Gasteiger partial charge in [0.05, 0.1) is 18.6 Å². The number of hydrogen-bond donors (Lipinski definition) is 1. The summed E-state index contributed by atoms with van der Waals surface area (Å²) in [6, 6.07) is 9.30. The molecule has 2 aliphatic rings. The quantitative estimate of drug-likeness (QED) is 0.796. The first-order chi connectivity index (χ1) is 14.0. The molecule has 2 aromatic rings. The molecule has 1 spiro atoms. The van der Waals surface area contributed by atoms with E-state index in [4.69, 9.17) is 14.6 Å². The number of likely N-dealkylation sites (tertiary alicyclic amines) is 1. The molecule has 0 radical (unpaired) electrons. The van der Waals surface area contributed by atoms with Gasteiger partial charge < -0.3 is 19.5 Å². The predicted octanol–water partition coefficient (Wildman–Crippen LogP) is 3.74. The van der Waals surface area contributed by atoms with E-state index in [2.05, 4.69) is 4.90 Å². The molecular formula is C22H23F2NO4. The van der Waals surface area contributed by atoms with Gasteiger partial charge in [0.25, 0.3) is 0 Å². The van der Waals surface area contributed by atoms with Crippen LogP contribution in [-0.2, 0) is 16.8 Å². The highest BCUT2D eigenvalue weighted by Gasteiger charge is 2.43. The van der Waals surface area contributed by atoms with Crippen LogP contribution in [0.2, 0.25) is 0 Å². The van der Waals surface area contributed by atoms with Crippen LogP contribution in [0.25, 0.3) is 0 Å². The summed E-state index contributed by atoms with van der Waals surface area (Å²) in [4.78, 5) is 12.9. The van der Waals surface area contributed by atoms with E-state index < -0.39 is 17.6 Å². The minimum Gasteiger partial charge on any atom is -0.492 e. The zero-order valence-corrected chi connectivity index (χ0v) is 16.0. The Balaban J connectivity index is 1.41. The van der Waals surface area contributed by atoms with Crippen molar-refractivity contribution in [3.05, 3.63) is 59.2 Å². The first-order valence-electron chi connectivity index (χ1n) is 9.74. The van der Waals surface area contributed by atoms with Crippen molar-refractivity contribution in [1.82, 2.24) is 4.90 Å². The number of carboxylic acids is 1. The normalized spacial score (nSPS) is 17.7. The van der Waals surface area contributed by atoms with Crippen molar-refractivity contribution < 1.29 is 28.2 Å². The molecule has 29 heavy (non-hydrogen) atoms. The SMILES string of the molecule is O=C(O)CCN1CCC2(CC1)COc1cc(OCc3c(F)cccc3F)ccc12. The van der Waals surface area contributed by atoms with Crippen molar-refractivity contribution >= 4 is 5.97 Å². The maximum atomic E-state index is 13.8. The molecule has 7 heteroatoms. The highest BCUT2D eigenvalue weighted by atomic mass is 19.1. The second-order valence-corrected chi connectivity index (χ2v) is 7.70. The summed E-state index contributed by atoms with van der Waals surface area (Å²) in [5.74, 6) is -0.785. The third kappa shape index (κ3) is 4.05. The van der Waals surface area contributed by atoms with E-state index >= 15 is 0 Å². The van der Waals surface area contributed by atoms with Crippen molar-refractivity contribution in [3.63, 3.8) is 0 Å². The largest absolute Gasteiger partial charge is 0.492 e. The van der Waals surface area contributed by atoms with Crippen LogP contribution in [0.15, 0.2) is 36.4 Å². The molecule has 0 aliphatic carbocycles. The molecule has 5 nitrogen and oxygen atoms in total. The van der Waals surface area contributed by atoms with Gasteiger partial charge in [-0.15, -0.1) is 0 Å². The zero-order valence-electron chi connectivity index (χ0n) is 16.0. The standard InChI is InChI=1S/C22H23F2NO4/c23-18-2-1-3-19(24)16(18)13-28-15-4-5-17-20(12-15)29-14-22(17)7-10-25(11-8-22)9-6-21(26)27/h1-5,12H,6-11,13-14H2,(H,26,27). The van der Waals surface area contributed by atoms with Crippen LogP contribution in [0.5, 0.6) is 11.5 Å². The number of piperidine rings is 1. The highest BCUT2D eigenvalue weighted by Crippen LogP contribution is 2.46. The average molecular weight is 403 g/mol. The maximum absolute atomic E-state index is 13.8. The number of rotatable bonds is 6. The number of carbonyl (C=O) groups is 1. The lowest BCUT2D eigenvalue weighted by molar-refractivity contribution is -0.137. The number of aliphatic carboxylic acids is 1. The van der Waals surface area contributed by atoms with Gasteiger partial charge in [-0.25, -0.2) is 8.78 Å². The zero-order chi connectivity index (χ0) is 20.4. The summed E-state index contributed by atoms with van der Waals surface area (Å²) in [5.41, 5.74) is 0.963. The highest BCUT2D eigenvalue weighted by molar-refractivity contribution is 5.66. The van der Waals surface area contributed by atoms with Gasteiger partial charge in [0.15, 0.2) is 0 Å². The van der Waals surface area contributed by atoms with Gasteiger partial charge in [-0.05, 0) is 44.1 Å². The number of fused-ring (bicyclic) bond motifs is 2. The molecule has 2 heterocycles. The van der Waals surface area contributed by atoms with Crippen LogP contribution in [0, 0.1) is 11.6 Å². The Morgan fingerprint density at radius 3 is 2.59 bits per heavy atom. The van der Waals surface area contributed by atoms with Gasteiger partial charge >= 0.3 is 5.97 Å². The molecule has 0 atom stereocenters. The number of ether oxygens (including phenoxy) is 2. The minimum absolute atomic E-state index is 0.0643. The fourth-order valence-corrected chi connectivity index (χ4v) is 4.14. The summed E-state index contributed by atoms with van der Waals surface area (Å²) in [5, 5.41) is 8.85. The number of halogens is 2. The Morgan fingerprint density at radius 2 is 1.90 bits per heavy atom. The minimum atomic E-state index is -0.775. The van der Waals surface area contributed by atoms with Crippen molar-refractivity contribution in [2.45, 2.75) is 31.3 Å². The van der Waals surface area contributed by atoms with Crippen LogP contribution in [-0.4, -0.2) is 42.2 Å². The molecule has 4 rings (SSSR count). The number of hydrogen-bond acceptors (Lipinski definition) is 4. The van der Waals surface area contributed by atoms with Crippen LogP contribution in [0.3, 0.4) is 0 Å². The Kier molecular flexibility index (Phi) is 5.41. The van der Waals surface area contributed by atoms with E-state index in [0.29, 0.717) is 18.9 Å². The van der Waals surface area contributed by atoms with Gasteiger partial charge in [-0.1, -0.05) is 12.1 Å². The number of nitrogens with zero attached hydrogens (tertiary/aromatic N) is 1. The third-order valence-corrected chi connectivity index (χ3v) is 5.93. The molecule has 0 unspecified atom stereocenters. The fraction of sp³-hybridized carbons (Fsp3) is 0.409. The van der Waals surface area contributed by atoms with Crippen LogP contribution in [0.4, 0.5) is 8.78 Å². The molecule has 0 saturated carbocycles. The van der Waals surface area contributed by atoms with E-state index in [1.54, 1.807) is 6.07 Å². The van der Waals surface area contributed by atoms with Crippen LogP contribution >= 0.6 is 0 Å². The first-order valence-corrected chi connectivity index (χ1v) is 9.74. The molecule has 1 fully saturated rings. The Hall–Kier alpha value is -2.67. The number of carboxylic acid groups (broad SMARTS) is 1. The van der Waals surface area contributed by atoms with E-state index in [1.807, 2.05) is 12.1 Å². The molecule has 2 aliphatic heterocycles. The molecule has 0 aromatic heterocycles. The summed E-state index contributed by atoms with van der Waals surface area (Å²) in [7, 11) is 0. The Bertz CT molecular complexity index is 889. The Morgan fingerprint density at radius 1 is 1.17 bits per heavy atom. The number of benzene rings is 2. The first kappa shape index (κ1) is 19.6. The molecule has 154 valence electrons. The summed E-state index contributed by atoms with van der Waals surface area (Å²) in [6.45, 7) is 2.63. The van der Waals surface area contributed by atoms with Gasteiger partial charge in [0.2, 0.25) is 0 Å². The van der Waals surface area contributed by atoms with E-state index in [-0.39, 0.29) is 24.0 Å². The summed E-state index contributed by atoms with van der Waals surface area (Å²) < 4.78 is 39.0. The van der Waals surface area contributed by atoms with Gasteiger partial charge in [0.1, 0.15) is 29.7 Å². The van der Waals surface area contributed by atoms with Crippen molar-refractivity contribution in [1.29, 1.82) is 0 Å².